The molecule has 0 aliphatic rings. The minimum Gasteiger partial charge on any atom is -0.327 e. The fourth-order valence-corrected chi connectivity index (χ4v) is 3.08. The van der Waals surface area contributed by atoms with E-state index in [0.29, 0.717) is 17.4 Å². The quantitative estimate of drug-likeness (QED) is 0.838. The summed E-state index contributed by atoms with van der Waals surface area (Å²) in [5.41, 5.74) is 2.59. The monoisotopic (exact) mass is 316 g/mol. The highest BCUT2D eigenvalue weighted by Crippen LogP contribution is 2.30. The van der Waals surface area contributed by atoms with Gasteiger partial charge in [0.25, 0.3) is 5.91 Å². The molecule has 23 heavy (non-hydrogen) atoms. The topological polar surface area (TPSA) is 34.0 Å². The maximum absolute atomic E-state index is 14.1. The summed E-state index contributed by atoms with van der Waals surface area (Å²) in [6, 6.07) is 7.75. The molecule has 0 saturated carbocycles. The van der Waals surface area contributed by atoms with Gasteiger partial charge in [0.05, 0.1) is 5.56 Å². The van der Waals surface area contributed by atoms with E-state index < -0.39 is 11.9 Å². The highest BCUT2D eigenvalue weighted by Gasteiger charge is 2.20. The molecule has 1 aromatic heterocycles. The maximum Gasteiger partial charge on any atom is 0.260 e. The first-order valence-corrected chi connectivity index (χ1v) is 8.03. The van der Waals surface area contributed by atoms with Crippen LogP contribution in [0.25, 0.3) is 0 Å². The van der Waals surface area contributed by atoms with Crippen LogP contribution in [0.4, 0.5) is 10.1 Å². The first-order chi connectivity index (χ1) is 10.8. The highest BCUT2D eigenvalue weighted by molar-refractivity contribution is 6.05. The summed E-state index contributed by atoms with van der Waals surface area (Å²) in [4.78, 5) is 12.5. The Balaban J connectivity index is 2.28. The molecule has 0 aliphatic heterocycles. The molecule has 0 bridgehead atoms. The summed E-state index contributed by atoms with van der Waals surface area (Å²) >= 11 is 0. The zero-order valence-electron chi connectivity index (χ0n) is 14.5. The number of aromatic nitrogens is 1. The van der Waals surface area contributed by atoms with Crippen LogP contribution in [0, 0.1) is 18.8 Å². The molecule has 0 radical (unpaired) electrons. The predicted octanol–water partition coefficient (Wildman–Crippen LogP) is 4.87. The smallest absolute Gasteiger partial charge is 0.260 e. The van der Waals surface area contributed by atoms with Gasteiger partial charge >= 0.3 is 0 Å². The van der Waals surface area contributed by atoms with Crippen molar-refractivity contribution in [3.05, 3.63) is 53.1 Å². The minimum absolute atomic E-state index is 0.110. The van der Waals surface area contributed by atoms with Crippen molar-refractivity contribution in [3.63, 3.8) is 0 Å². The van der Waals surface area contributed by atoms with Gasteiger partial charge in [-0.1, -0.05) is 39.0 Å². The number of rotatable bonds is 5. The van der Waals surface area contributed by atoms with Crippen LogP contribution < -0.4 is 5.32 Å². The van der Waals surface area contributed by atoms with Crippen LogP contribution in [0.5, 0.6) is 0 Å². The number of hydrogen-bond donors (Lipinski definition) is 1. The molecule has 4 heteroatoms. The van der Waals surface area contributed by atoms with Crippen LogP contribution >= 0.6 is 0 Å². The second kappa shape index (κ2) is 6.99. The fraction of sp³-hybridized carbons (Fsp3) is 0.421. The number of amides is 1. The Labute approximate surface area is 137 Å². The summed E-state index contributed by atoms with van der Waals surface area (Å²) in [6.07, 6.45) is 2.66. The SMILES string of the molecule is Cc1cn(C)c(F)c1C(=O)Nc1ccccc1C(C)CC(C)C. The van der Waals surface area contributed by atoms with Gasteiger partial charge in [0, 0.05) is 18.9 Å². The molecule has 0 spiro atoms. The summed E-state index contributed by atoms with van der Waals surface area (Å²) < 4.78 is 15.4. The summed E-state index contributed by atoms with van der Waals surface area (Å²) in [5.74, 6) is -0.00621. The van der Waals surface area contributed by atoms with E-state index in [1.165, 1.54) is 4.57 Å². The van der Waals surface area contributed by atoms with E-state index in [2.05, 4.69) is 26.1 Å². The van der Waals surface area contributed by atoms with E-state index >= 15 is 0 Å². The van der Waals surface area contributed by atoms with Crippen LogP contribution in [0.15, 0.2) is 30.5 Å². The highest BCUT2D eigenvalue weighted by atomic mass is 19.1. The summed E-state index contributed by atoms with van der Waals surface area (Å²) in [7, 11) is 1.60. The van der Waals surface area contributed by atoms with Gasteiger partial charge < -0.3 is 9.88 Å². The Morgan fingerprint density at radius 1 is 1.26 bits per heavy atom. The number of nitrogens with one attached hydrogen (secondary N) is 1. The third kappa shape index (κ3) is 3.81. The Morgan fingerprint density at radius 2 is 1.91 bits per heavy atom. The lowest BCUT2D eigenvalue weighted by atomic mass is 9.91. The van der Waals surface area contributed by atoms with Gasteiger partial charge in [-0.3, -0.25) is 4.79 Å². The number of para-hydroxylation sites is 1. The molecule has 1 amide bonds. The number of carbonyl (C=O) groups is 1. The molecule has 1 N–H and O–H groups in total. The number of anilines is 1. The van der Waals surface area contributed by atoms with E-state index in [9.17, 15) is 9.18 Å². The molecule has 0 aliphatic carbocycles. The van der Waals surface area contributed by atoms with Crippen LogP contribution in [0.2, 0.25) is 0 Å². The van der Waals surface area contributed by atoms with E-state index in [0.717, 1.165) is 17.7 Å². The molecule has 124 valence electrons. The summed E-state index contributed by atoms with van der Waals surface area (Å²) in [5, 5.41) is 2.88. The largest absolute Gasteiger partial charge is 0.327 e. The Hall–Kier alpha value is -2.10. The number of nitrogens with zero attached hydrogens (tertiary/aromatic N) is 1. The van der Waals surface area contributed by atoms with Crippen molar-refractivity contribution in [2.75, 3.05) is 5.32 Å². The van der Waals surface area contributed by atoms with Gasteiger partial charge in [0.1, 0.15) is 0 Å². The lowest BCUT2D eigenvalue weighted by Gasteiger charge is -2.18. The van der Waals surface area contributed by atoms with E-state index in [1.807, 2.05) is 24.3 Å². The van der Waals surface area contributed by atoms with Crippen LogP contribution in [0.1, 0.15) is 54.6 Å². The maximum atomic E-state index is 14.1. The van der Waals surface area contributed by atoms with Crippen molar-refractivity contribution in [2.45, 2.75) is 40.0 Å². The van der Waals surface area contributed by atoms with E-state index in [-0.39, 0.29) is 5.56 Å². The molecule has 3 nitrogen and oxygen atoms in total. The van der Waals surface area contributed by atoms with Gasteiger partial charge in [-0.2, -0.15) is 4.39 Å². The van der Waals surface area contributed by atoms with Gasteiger partial charge in [0.15, 0.2) is 0 Å². The van der Waals surface area contributed by atoms with Crippen molar-refractivity contribution in [1.82, 2.24) is 4.57 Å². The van der Waals surface area contributed by atoms with Gasteiger partial charge in [0.2, 0.25) is 5.95 Å². The Morgan fingerprint density at radius 3 is 2.48 bits per heavy atom. The Kier molecular flexibility index (Phi) is 5.24. The van der Waals surface area contributed by atoms with Crippen LogP contribution in [0.3, 0.4) is 0 Å². The number of aryl methyl sites for hydroxylation is 2. The van der Waals surface area contributed by atoms with E-state index in [4.69, 9.17) is 0 Å². The van der Waals surface area contributed by atoms with Crippen molar-refractivity contribution in [2.24, 2.45) is 13.0 Å². The number of benzene rings is 1. The molecule has 2 aromatic rings. The van der Waals surface area contributed by atoms with Crippen molar-refractivity contribution < 1.29 is 9.18 Å². The average molecular weight is 316 g/mol. The standard InChI is InChI=1S/C19H25FN2O/c1-12(2)10-13(3)15-8-6-7-9-16(15)21-19(23)17-14(4)11-22(5)18(17)20/h6-9,11-13H,10H2,1-5H3,(H,21,23). The van der Waals surface area contributed by atoms with Crippen LogP contribution in [-0.2, 0) is 7.05 Å². The number of carbonyl (C=O) groups excluding carboxylic acids is 1. The average Bonchev–Trinajstić information content (AvgIpc) is 2.71. The molecular formula is C19H25FN2O. The van der Waals surface area contributed by atoms with Crippen LogP contribution in [-0.4, -0.2) is 10.5 Å². The zero-order chi connectivity index (χ0) is 17.1. The van der Waals surface area contributed by atoms with Crippen molar-refractivity contribution in [3.8, 4) is 0 Å². The minimum atomic E-state index is -0.507. The van der Waals surface area contributed by atoms with Crippen molar-refractivity contribution in [1.29, 1.82) is 0 Å². The number of halogens is 1. The predicted molar refractivity (Wildman–Crippen MR) is 92.4 cm³/mol. The van der Waals surface area contributed by atoms with Gasteiger partial charge in [-0.25, -0.2) is 0 Å². The molecule has 0 fully saturated rings. The zero-order valence-corrected chi connectivity index (χ0v) is 14.5. The molecule has 1 aromatic carbocycles. The second-order valence-electron chi connectivity index (χ2n) is 6.66. The molecule has 2 rings (SSSR count). The third-order valence-corrected chi connectivity index (χ3v) is 4.09. The van der Waals surface area contributed by atoms with Gasteiger partial charge in [-0.05, 0) is 42.4 Å². The first kappa shape index (κ1) is 17.3. The normalized spacial score (nSPS) is 12.5. The first-order valence-electron chi connectivity index (χ1n) is 8.03. The molecule has 1 unspecified atom stereocenters. The van der Waals surface area contributed by atoms with Gasteiger partial charge in [-0.15, -0.1) is 0 Å². The molecule has 0 saturated heterocycles. The molecule has 1 atom stereocenters. The third-order valence-electron chi connectivity index (χ3n) is 4.09. The number of hydrogen-bond acceptors (Lipinski definition) is 1. The molecular weight excluding hydrogens is 291 g/mol. The lowest BCUT2D eigenvalue weighted by molar-refractivity contribution is 0.102. The van der Waals surface area contributed by atoms with E-state index in [1.54, 1.807) is 20.2 Å². The lowest BCUT2D eigenvalue weighted by Crippen LogP contribution is -2.16. The Bertz CT molecular complexity index is 703. The van der Waals surface area contributed by atoms with Crippen molar-refractivity contribution >= 4 is 11.6 Å². The second-order valence-corrected chi connectivity index (χ2v) is 6.66. The fourth-order valence-electron chi connectivity index (χ4n) is 3.08. The molecule has 1 heterocycles. The summed E-state index contributed by atoms with van der Waals surface area (Å²) in [6.45, 7) is 8.26.